The Balaban J connectivity index is 2.36. The first kappa shape index (κ1) is 15.5. The monoisotopic (exact) mass is 361 g/mol. The van der Waals surface area contributed by atoms with Crippen LogP contribution in [0.1, 0.15) is 27.2 Å². The van der Waals surface area contributed by atoms with E-state index in [-0.39, 0.29) is 22.5 Å². The van der Waals surface area contributed by atoms with Gasteiger partial charge in [0, 0.05) is 10.4 Å². The molecule has 0 spiro atoms. The van der Waals surface area contributed by atoms with Crippen molar-refractivity contribution in [2.24, 2.45) is 5.84 Å². The van der Waals surface area contributed by atoms with Crippen molar-refractivity contribution in [1.29, 1.82) is 0 Å². The van der Waals surface area contributed by atoms with Crippen molar-refractivity contribution >= 4 is 27.3 Å². The van der Waals surface area contributed by atoms with E-state index in [1.54, 1.807) is 0 Å². The molecule has 1 heterocycles. The highest BCUT2D eigenvalue weighted by molar-refractivity contribution is 9.10. The topological polar surface area (TPSA) is 50.9 Å². The third kappa shape index (κ3) is 3.06. The van der Waals surface area contributed by atoms with E-state index in [0.717, 1.165) is 15.6 Å². The second kappa shape index (κ2) is 6.26. The minimum absolute atomic E-state index is 0.00720. The molecule has 3 nitrogen and oxygen atoms in total. The summed E-state index contributed by atoms with van der Waals surface area (Å²) < 4.78 is 28.1. The molecular formula is C13H14BrF2N3S. The molecule has 0 aliphatic heterocycles. The molecule has 0 saturated heterocycles. The van der Waals surface area contributed by atoms with Crippen molar-refractivity contribution in [3.05, 3.63) is 49.4 Å². The number of aromatic nitrogens is 1. The molecule has 1 atom stereocenters. The summed E-state index contributed by atoms with van der Waals surface area (Å²) in [5.74, 6) is 4.37. The molecule has 20 heavy (non-hydrogen) atoms. The van der Waals surface area contributed by atoms with Gasteiger partial charge in [0.1, 0.15) is 11.6 Å². The smallest absolute Gasteiger partial charge is 0.143 e. The van der Waals surface area contributed by atoms with E-state index in [0.29, 0.717) is 0 Å². The van der Waals surface area contributed by atoms with Gasteiger partial charge >= 0.3 is 0 Å². The maximum absolute atomic E-state index is 14.0. The predicted molar refractivity (Wildman–Crippen MR) is 79.4 cm³/mol. The van der Waals surface area contributed by atoms with Crippen LogP contribution in [-0.2, 0) is 6.42 Å². The summed E-state index contributed by atoms with van der Waals surface area (Å²) in [4.78, 5) is 5.20. The highest BCUT2D eigenvalue weighted by Gasteiger charge is 2.21. The molecule has 0 radical (unpaired) electrons. The number of benzene rings is 1. The first-order valence-electron chi connectivity index (χ1n) is 5.96. The van der Waals surface area contributed by atoms with Crippen LogP contribution in [0.4, 0.5) is 8.78 Å². The number of nitrogens with two attached hydrogens (primary N) is 1. The van der Waals surface area contributed by atoms with Gasteiger partial charge in [0.2, 0.25) is 0 Å². The molecule has 7 heteroatoms. The second-order valence-corrected chi connectivity index (χ2v) is 6.52. The normalized spacial score (nSPS) is 12.7. The number of thiazole rings is 1. The summed E-state index contributed by atoms with van der Waals surface area (Å²) in [6, 6.07) is 2.21. The molecule has 0 aliphatic rings. The van der Waals surface area contributed by atoms with Crippen LogP contribution in [0.25, 0.3) is 0 Å². The van der Waals surface area contributed by atoms with Gasteiger partial charge in [-0.1, -0.05) is 0 Å². The summed E-state index contributed by atoms with van der Waals surface area (Å²) >= 11 is 4.54. The number of hydrogen-bond donors (Lipinski definition) is 2. The number of aryl methyl sites for hydroxylation is 2. The van der Waals surface area contributed by atoms with Crippen LogP contribution >= 0.6 is 27.3 Å². The van der Waals surface area contributed by atoms with Gasteiger partial charge in [-0.05, 0) is 48.3 Å². The van der Waals surface area contributed by atoms with E-state index in [2.05, 4.69) is 26.3 Å². The summed E-state index contributed by atoms with van der Waals surface area (Å²) in [5, 5.41) is 0.896. The van der Waals surface area contributed by atoms with Crippen LogP contribution in [0.15, 0.2) is 16.6 Å². The van der Waals surface area contributed by atoms with Crippen molar-refractivity contribution in [3.63, 3.8) is 0 Å². The molecule has 1 aromatic heterocycles. The number of hydrogen-bond acceptors (Lipinski definition) is 4. The second-order valence-electron chi connectivity index (χ2n) is 4.43. The number of halogens is 3. The summed E-state index contributed by atoms with van der Waals surface area (Å²) in [6.07, 6.45) is 0.121. The highest BCUT2D eigenvalue weighted by atomic mass is 79.9. The van der Waals surface area contributed by atoms with Gasteiger partial charge < -0.3 is 0 Å². The lowest BCUT2D eigenvalue weighted by molar-refractivity contribution is 0.500. The van der Waals surface area contributed by atoms with Crippen LogP contribution in [-0.4, -0.2) is 4.98 Å². The van der Waals surface area contributed by atoms with Gasteiger partial charge in [0.25, 0.3) is 0 Å². The number of hydrazine groups is 1. The summed E-state index contributed by atoms with van der Waals surface area (Å²) in [7, 11) is 0. The SMILES string of the molecule is Cc1nc(C)c(C(Cc2c(F)ccc(Br)c2F)NN)s1. The van der Waals surface area contributed by atoms with E-state index in [9.17, 15) is 8.78 Å². The van der Waals surface area contributed by atoms with Gasteiger partial charge in [0.15, 0.2) is 0 Å². The fourth-order valence-corrected chi connectivity index (χ4v) is 3.42. The first-order chi connectivity index (χ1) is 9.43. The van der Waals surface area contributed by atoms with Crippen LogP contribution in [0.2, 0.25) is 0 Å². The number of nitrogens with zero attached hydrogens (tertiary/aromatic N) is 1. The molecule has 0 amide bonds. The van der Waals surface area contributed by atoms with Crippen LogP contribution in [0.5, 0.6) is 0 Å². The average molecular weight is 362 g/mol. The Morgan fingerprint density at radius 3 is 2.65 bits per heavy atom. The Morgan fingerprint density at radius 1 is 1.40 bits per heavy atom. The standard InChI is InChI=1S/C13H14BrF2N3S/c1-6-13(20-7(2)18-6)11(19-17)5-8-10(15)4-3-9(14)12(8)16/h3-4,11,19H,5,17H2,1-2H3. The van der Waals surface area contributed by atoms with E-state index in [4.69, 9.17) is 5.84 Å². The van der Waals surface area contributed by atoms with Gasteiger partial charge in [-0.2, -0.15) is 0 Å². The maximum atomic E-state index is 14.0. The Labute approximate surface area is 128 Å². The zero-order chi connectivity index (χ0) is 14.9. The van der Waals surface area contributed by atoms with E-state index >= 15 is 0 Å². The predicted octanol–water partition coefficient (Wildman–Crippen LogP) is 3.55. The van der Waals surface area contributed by atoms with Crippen molar-refractivity contribution in [2.45, 2.75) is 26.3 Å². The van der Waals surface area contributed by atoms with Crippen molar-refractivity contribution in [3.8, 4) is 0 Å². The minimum atomic E-state index is -0.593. The first-order valence-corrected chi connectivity index (χ1v) is 7.57. The van der Waals surface area contributed by atoms with Crippen molar-refractivity contribution in [2.75, 3.05) is 0 Å². The Morgan fingerprint density at radius 2 is 2.10 bits per heavy atom. The largest absolute Gasteiger partial charge is 0.271 e. The molecule has 0 bridgehead atoms. The van der Waals surface area contributed by atoms with Crippen LogP contribution in [0.3, 0.4) is 0 Å². The third-order valence-electron chi connectivity index (χ3n) is 3.00. The molecule has 1 unspecified atom stereocenters. The molecule has 2 aromatic rings. The molecule has 3 N–H and O–H groups in total. The quantitative estimate of drug-likeness (QED) is 0.497. The molecule has 0 aliphatic carbocycles. The number of rotatable bonds is 4. The van der Waals surface area contributed by atoms with E-state index in [1.165, 1.54) is 23.5 Å². The minimum Gasteiger partial charge on any atom is -0.271 e. The summed E-state index contributed by atoms with van der Waals surface area (Å²) in [5.41, 5.74) is 3.45. The molecule has 0 fully saturated rings. The van der Waals surface area contributed by atoms with Crippen molar-refractivity contribution in [1.82, 2.24) is 10.4 Å². The highest BCUT2D eigenvalue weighted by Crippen LogP contribution is 2.30. The zero-order valence-corrected chi connectivity index (χ0v) is 13.4. The molecule has 108 valence electrons. The fraction of sp³-hybridized carbons (Fsp3) is 0.308. The van der Waals surface area contributed by atoms with Crippen molar-refractivity contribution < 1.29 is 8.78 Å². The molecular weight excluding hydrogens is 348 g/mol. The summed E-state index contributed by atoms with van der Waals surface area (Å²) in [6.45, 7) is 3.74. The zero-order valence-electron chi connectivity index (χ0n) is 11.0. The fourth-order valence-electron chi connectivity index (χ4n) is 2.06. The maximum Gasteiger partial charge on any atom is 0.143 e. The molecule has 2 rings (SSSR count). The Kier molecular flexibility index (Phi) is 4.85. The average Bonchev–Trinajstić information content (AvgIpc) is 2.74. The molecule has 0 saturated carbocycles. The van der Waals surface area contributed by atoms with E-state index < -0.39 is 11.6 Å². The van der Waals surface area contributed by atoms with Gasteiger partial charge in [-0.15, -0.1) is 11.3 Å². The Bertz CT molecular complexity index is 630. The van der Waals surface area contributed by atoms with Gasteiger partial charge in [0.05, 0.1) is 21.2 Å². The van der Waals surface area contributed by atoms with Gasteiger partial charge in [-0.25, -0.2) is 13.8 Å². The lowest BCUT2D eigenvalue weighted by Gasteiger charge is -2.16. The molecule has 1 aromatic carbocycles. The Hall–Kier alpha value is -0.890. The number of nitrogens with one attached hydrogen (secondary N) is 1. The van der Waals surface area contributed by atoms with Crippen LogP contribution < -0.4 is 11.3 Å². The van der Waals surface area contributed by atoms with Gasteiger partial charge in [-0.3, -0.25) is 11.3 Å². The third-order valence-corrected chi connectivity index (χ3v) is 4.80. The van der Waals surface area contributed by atoms with E-state index in [1.807, 2.05) is 13.8 Å². The lowest BCUT2D eigenvalue weighted by Crippen LogP contribution is -2.30. The lowest BCUT2D eigenvalue weighted by atomic mass is 10.0. The van der Waals surface area contributed by atoms with Crippen LogP contribution in [0, 0.1) is 25.5 Å².